The summed E-state index contributed by atoms with van der Waals surface area (Å²) in [5.41, 5.74) is 0.226. The molecule has 98 valence electrons. The van der Waals surface area contributed by atoms with E-state index in [0.29, 0.717) is 6.04 Å². The second kappa shape index (κ2) is 8.04. The smallest absolute Gasteiger partial charge is 0.0462 e. The molecule has 16 heavy (non-hydrogen) atoms. The SMILES string of the molecule is CCNC(CCCOC)C(C)(CC)N(C)C. The van der Waals surface area contributed by atoms with Crippen LogP contribution in [0.1, 0.15) is 40.0 Å². The molecule has 0 aliphatic carbocycles. The van der Waals surface area contributed by atoms with E-state index >= 15 is 0 Å². The van der Waals surface area contributed by atoms with Crippen molar-refractivity contribution in [2.75, 3.05) is 34.4 Å². The lowest BCUT2D eigenvalue weighted by molar-refractivity contribution is 0.100. The van der Waals surface area contributed by atoms with E-state index in [1.807, 2.05) is 0 Å². The van der Waals surface area contributed by atoms with Crippen molar-refractivity contribution in [2.24, 2.45) is 0 Å². The van der Waals surface area contributed by atoms with E-state index < -0.39 is 0 Å². The zero-order valence-electron chi connectivity index (χ0n) is 12.0. The molecule has 3 heteroatoms. The summed E-state index contributed by atoms with van der Waals surface area (Å²) in [7, 11) is 6.11. The number of hydrogen-bond donors (Lipinski definition) is 1. The van der Waals surface area contributed by atoms with Crippen LogP contribution in [0.25, 0.3) is 0 Å². The highest BCUT2D eigenvalue weighted by Crippen LogP contribution is 2.24. The fraction of sp³-hybridized carbons (Fsp3) is 1.00. The van der Waals surface area contributed by atoms with E-state index in [2.05, 4.69) is 45.1 Å². The first kappa shape index (κ1) is 15.9. The molecular formula is C13H30N2O. The lowest BCUT2D eigenvalue weighted by Gasteiger charge is -2.43. The molecule has 0 saturated heterocycles. The third-order valence-corrected chi connectivity index (χ3v) is 3.78. The summed E-state index contributed by atoms with van der Waals surface area (Å²) in [6.07, 6.45) is 3.45. The molecule has 3 nitrogen and oxygen atoms in total. The maximum atomic E-state index is 5.14. The minimum Gasteiger partial charge on any atom is -0.385 e. The number of methoxy groups -OCH3 is 1. The Hall–Kier alpha value is -0.120. The van der Waals surface area contributed by atoms with Gasteiger partial charge >= 0.3 is 0 Å². The Labute approximate surface area is 102 Å². The van der Waals surface area contributed by atoms with Crippen LogP contribution >= 0.6 is 0 Å². The second-order valence-electron chi connectivity index (χ2n) is 4.85. The monoisotopic (exact) mass is 230 g/mol. The van der Waals surface area contributed by atoms with Crippen molar-refractivity contribution in [3.63, 3.8) is 0 Å². The summed E-state index contributed by atoms with van der Waals surface area (Å²) >= 11 is 0. The van der Waals surface area contributed by atoms with Gasteiger partial charge in [-0.05, 0) is 46.8 Å². The Kier molecular flexibility index (Phi) is 7.98. The van der Waals surface area contributed by atoms with Gasteiger partial charge in [0.15, 0.2) is 0 Å². The van der Waals surface area contributed by atoms with E-state index in [0.717, 1.165) is 26.0 Å². The van der Waals surface area contributed by atoms with E-state index in [-0.39, 0.29) is 5.54 Å². The Morgan fingerprint density at radius 1 is 1.31 bits per heavy atom. The highest BCUT2D eigenvalue weighted by atomic mass is 16.5. The van der Waals surface area contributed by atoms with E-state index in [1.54, 1.807) is 7.11 Å². The van der Waals surface area contributed by atoms with Gasteiger partial charge in [-0.15, -0.1) is 0 Å². The van der Waals surface area contributed by atoms with Crippen molar-refractivity contribution < 1.29 is 4.74 Å². The first-order valence-corrected chi connectivity index (χ1v) is 6.42. The third-order valence-electron chi connectivity index (χ3n) is 3.78. The lowest BCUT2D eigenvalue weighted by Crippen LogP contribution is -2.56. The fourth-order valence-corrected chi connectivity index (χ4v) is 2.19. The number of rotatable bonds is 9. The molecule has 0 aliphatic rings. The van der Waals surface area contributed by atoms with Crippen LogP contribution in [-0.4, -0.2) is 50.8 Å². The number of hydrogen-bond acceptors (Lipinski definition) is 3. The van der Waals surface area contributed by atoms with Crippen LogP contribution in [0.4, 0.5) is 0 Å². The molecule has 1 N–H and O–H groups in total. The Morgan fingerprint density at radius 2 is 1.94 bits per heavy atom. The average molecular weight is 230 g/mol. The molecule has 0 spiro atoms. The van der Waals surface area contributed by atoms with Crippen LogP contribution in [0.5, 0.6) is 0 Å². The van der Waals surface area contributed by atoms with Crippen molar-refractivity contribution in [2.45, 2.75) is 51.6 Å². The van der Waals surface area contributed by atoms with Crippen molar-refractivity contribution in [1.82, 2.24) is 10.2 Å². The Balaban J connectivity index is 4.46. The summed E-state index contributed by atoms with van der Waals surface area (Å²) in [6, 6.07) is 0.535. The van der Waals surface area contributed by atoms with Gasteiger partial charge in [0.25, 0.3) is 0 Å². The second-order valence-corrected chi connectivity index (χ2v) is 4.85. The maximum absolute atomic E-state index is 5.14. The molecule has 2 unspecified atom stereocenters. The fourth-order valence-electron chi connectivity index (χ4n) is 2.19. The first-order chi connectivity index (χ1) is 7.52. The highest BCUT2D eigenvalue weighted by molar-refractivity contribution is 4.93. The standard InChI is InChI=1S/C13H30N2O/c1-7-13(3,15(4)5)12(14-8-2)10-9-11-16-6/h12,14H,7-11H2,1-6H3. The highest BCUT2D eigenvalue weighted by Gasteiger charge is 2.33. The molecule has 2 atom stereocenters. The molecule has 0 bridgehead atoms. The summed E-state index contributed by atoms with van der Waals surface area (Å²) in [5, 5.41) is 3.62. The Morgan fingerprint density at radius 3 is 2.31 bits per heavy atom. The molecule has 0 amide bonds. The summed E-state index contributed by atoms with van der Waals surface area (Å²) < 4.78 is 5.14. The minimum absolute atomic E-state index is 0.226. The van der Waals surface area contributed by atoms with E-state index in [9.17, 15) is 0 Å². The zero-order valence-corrected chi connectivity index (χ0v) is 12.0. The Bertz CT molecular complexity index is 173. The van der Waals surface area contributed by atoms with Gasteiger partial charge in [-0.2, -0.15) is 0 Å². The van der Waals surface area contributed by atoms with Gasteiger partial charge in [0.1, 0.15) is 0 Å². The van der Waals surface area contributed by atoms with Gasteiger partial charge in [0, 0.05) is 25.3 Å². The van der Waals surface area contributed by atoms with Gasteiger partial charge in [-0.3, -0.25) is 0 Å². The van der Waals surface area contributed by atoms with Crippen LogP contribution < -0.4 is 5.32 Å². The number of nitrogens with zero attached hydrogens (tertiary/aromatic N) is 1. The molecule has 0 aromatic rings. The van der Waals surface area contributed by atoms with Crippen LogP contribution in [0, 0.1) is 0 Å². The first-order valence-electron chi connectivity index (χ1n) is 6.42. The summed E-state index contributed by atoms with van der Waals surface area (Å²) in [5.74, 6) is 0. The van der Waals surface area contributed by atoms with Gasteiger partial charge in [0.2, 0.25) is 0 Å². The largest absolute Gasteiger partial charge is 0.385 e. The molecular weight excluding hydrogens is 200 g/mol. The van der Waals surface area contributed by atoms with Crippen LogP contribution in [-0.2, 0) is 4.74 Å². The van der Waals surface area contributed by atoms with Crippen LogP contribution in [0.2, 0.25) is 0 Å². The van der Waals surface area contributed by atoms with Crippen LogP contribution in [0.3, 0.4) is 0 Å². The quantitative estimate of drug-likeness (QED) is 0.614. The predicted molar refractivity (Wildman–Crippen MR) is 71.0 cm³/mol. The maximum Gasteiger partial charge on any atom is 0.0462 e. The van der Waals surface area contributed by atoms with Crippen molar-refractivity contribution in [3.8, 4) is 0 Å². The van der Waals surface area contributed by atoms with Crippen LogP contribution in [0.15, 0.2) is 0 Å². The van der Waals surface area contributed by atoms with Crippen molar-refractivity contribution in [1.29, 1.82) is 0 Å². The molecule has 0 aliphatic heterocycles. The summed E-state index contributed by atoms with van der Waals surface area (Å²) in [4.78, 5) is 2.34. The number of likely N-dealkylation sites (N-methyl/N-ethyl adjacent to an activating group) is 2. The molecule has 0 fully saturated rings. The van der Waals surface area contributed by atoms with Gasteiger partial charge in [-0.1, -0.05) is 13.8 Å². The topological polar surface area (TPSA) is 24.5 Å². The van der Waals surface area contributed by atoms with Gasteiger partial charge < -0.3 is 15.0 Å². The lowest BCUT2D eigenvalue weighted by atomic mass is 9.85. The number of ether oxygens (including phenoxy) is 1. The normalized spacial score (nSPS) is 17.4. The van der Waals surface area contributed by atoms with Crippen molar-refractivity contribution >= 4 is 0 Å². The van der Waals surface area contributed by atoms with E-state index in [1.165, 1.54) is 6.42 Å². The molecule has 0 saturated carbocycles. The molecule has 0 heterocycles. The predicted octanol–water partition coefficient (Wildman–Crippen LogP) is 2.12. The average Bonchev–Trinajstić information content (AvgIpc) is 2.27. The summed E-state index contributed by atoms with van der Waals surface area (Å²) in [6.45, 7) is 8.67. The van der Waals surface area contributed by atoms with Gasteiger partial charge in [0.05, 0.1) is 0 Å². The number of nitrogens with one attached hydrogen (secondary N) is 1. The minimum atomic E-state index is 0.226. The van der Waals surface area contributed by atoms with E-state index in [4.69, 9.17) is 4.74 Å². The molecule has 0 aromatic heterocycles. The zero-order chi connectivity index (χ0) is 12.6. The van der Waals surface area contributed by atoms with Crippen molar-refractivity contribution in [3.05, 3.63) is 0 Å². The van der Waals surface area contributed by atoms with Gasteiger partial charge in [-0.25, -0.2) is 0 Å². The molecule has 0 aromatic carbocycles. The molecule has 0 rings (SSSR count). The molecule has 0 radical (unpaired) electrons. The third kappa shape index (κ3) is 4.40.